The van der Waals surface area contributed by atoms with Gasteiger partial charge < -0.3 is 101 Å². The summed E-state index contributed by atoms with van der Waals surface area (Å²) in [5.74, 6) is -11.2. The van der Waals surface area contributed by atoms with Crippen LogP contribution in [0.25, 0.3) is 11.2 Å². The normalized spacial score (nSPS) is 19.4. The van der Waals surface area contributed by atoms with Gasteiger partial charge in [-0.25, -0.2) is 34.1 Å². The van der Waals surface area contributed by atoms with E-state index in [-0.39, 0.29) is 104 Å². The van der Waals surface area contributed by atoms with E-state index in [0.29, 0.717) is 0 Å². The number of hydrogen-bond donors (Lipinski definition) is 20. The Bertz CT molecular complexity index is 3120. The Morgan fingerprint density at radius 2 is 1.25 bits per heavy atom. The summed E-state index contributed by atoms with van der Waals surface area (Å²) in [4.78, 5) is 169. The molecular formula is C46H81N20O22P3S. The number of ether oxygens (including phenoxy) is 1. The molecule has 2 aromatic rings. The van der Waals surface area contributed by atoms with Crippen LogP contribution in [-0.4, -0.2) is 208 Å². The number of nitrogens with one attached hydrogen (secondary N) is 9. The lowest BCUT2D eigenvalue weighted by Gasteiger charge is -2.27. The van der Waals surface area contributed by atoms with E-state index < -0.39 is 162 Å². The van der Waals surface area contributed by atoms with Crippen molar-refractivity contribution in [3.05, 3.63) is 12.7 Å². The van der Waals surface area contributed by atoms with Crippen LogP contribution in [0.5, 0.6) is 0 Å². The third-order valence-electron chi connectivity index (χ3n) is 12.4. The first kappa shape index (κ1) is 79.0. The Kier molecular flexibility index (Phi) is 31.6. The van der Waals surface area contributed by atoms with Crippen LogP contribution >= 0.6 is 33.8 Å². The van der Waals surface area contributed by atoms with E-state index in [1.165, 1.54) is 6.92 Å². The number of amides is 8. The summed E-state index contributed by atoms with van der Waals surface area (Å²) in [5, 5.41) is 47.0. The second-order valence-electron chi connectivity index (χ2n) is 21.2. The molecule has 13 atom stereocenters. The number of carboxylic acid groups (broad SMARTS) is 1. The highest BCUT2D eigenvalue weighted by Gasteiger charge is 2.47. The van der Waals surface area contributed by atoms with Gasteiger partial charge in [0, 0.05) is 26.6 Å². The number of anilines is 1. The minimum absolute atomic E-state index is 0.00765. The van der Waals surface area contributed by atoms with Crippen molar-refractivity contribution in [2.75, 3.05) is 44.3 Å². The third kappa shape index (κ3) is 27.9. The van der Waals surface area contributed by atoms with Gasteiger partial charge in [0.15, 0.2) is 29.6 Å². The molecule has 3 rings (SSSR count). The van der Waals surface area contributed by atoms with Gasteiger partial charge in [-0.2, -0.15) is 8.62 Å². The number of phosphoric ester groups is 1. The zero-order valence-corrected chi connectivity index (χ0v) is 54.1. The fourth-order valence-electron chi connectivity index (χ4n) is 8.21. The standard InChI is InChI=1S/C46H81N20O22P3S/c1-21(2)13-27(60-24(6)67)42(77)62-26(10-8-12-53-46(50)51)41(76)61-25(9-7-11-52-45(48)49)40(75)59-23(5)38(73)63-29(43(78)65-64-28(14-22(3)4)39(74)55-16-32(69)70)15-54-31(68)18-92-91(83,84)88-90(81,82)87-89(79,80)85-17-30-34(71)35(72)44(86-30)66-20-58-33-36(47)56-19-57-37(33)66/h19-23,25-30,34-35,44,64,71-72H,7-18H2,1-6H3,(H,54,68)(H,55,74)(H,59,75)(H,60,67)(H,61,76)(H,62,77)(H,63,73)(H,65,78)(H,69,70)(H,79,80)(H,81,82)(H,83,84)(H2,47,56,57)(H4,48,49,52)(H4,50,51,53)/t23-,25-,26-,27-,28-,29?,30+,34+,35+,44+/m0/s1. The lowest BCUT2D eigenvalue weighted by Crippen LogP contribution is -2.61. The Hall–Kier alpha value is -7.24. The lowest BCUT2D eigenvalue weighted by molar-refractivity contribution is -0.138. The van der Waals surface area contributed by atoms with Gasteiger partial charge in [-0.15, -0.1) is 0 Å². The highest BCUT2D eigenvalue weighted by Crippen LogP contribution is 2.71. The number of carboxylic acids is 1. The Labute approximate surface area is 529 Å². The maximum atomic E-state index is 14.1. The molecular weight excluding hydrogens is 1310 g/mol. The number of carbonyl (C=O) groups is 9. The van der Waals surface area contributed by atoms with Crippen LogP contribution in [0, 0.1) is 11.8 Å². The second-order valence-corrected chi connectivity index (χ2v) is 28.3. The smallest absolute Gasteiger partial charge is 0.480 e. The summed E-state index contributed by atoms with van der Waals surface area (Å²) in [6.07, 6.45) is -4.41. The van der Waals surface area contributed by atoms with Crippen molar-refractivity contribution in [3.63, 3.8) is 0 Å². The SMILES string of the molecule is CC(=O)N[C@@H](CC(C)C)C(=O)N[C@@H](CCCN=C(N)N)C(=O)N[C@@H](CCCN=C(N)N)C(=O)N[C@@H](C)C(=O)NC(CNC(=O)CSP(=O)(O)OP(=O)(O)OP(=O)(O)OC[C@H]1O[C@@H](n2cnc3c(N)ncnc32)[C@H](O)[C@@H]1O)C(=O)NN[C@@H](CC(C)C)C(=O)NCC(=O)O. The number of nitrogens with two attached hydrogens (primary N) is 5. The number of aliphatic imine (C=N–C) groups is 2. The predicted molar refractivity (Wildman–Crippen MR) is 324 cm³/mol. The van der Waals surface area contributed by atoms with E-state index in [9.17, 15) is 81.7 Å². The Balaban J connectivity index is 1.79. The summed E-state index contributed by atoms with van der Waals surface area (Å²) in [6.45, 7) is 0.849. The summed E-state index contributed by atoms with van der Waals surface area (Å²) in [7, 11) is -11.9. The number of guanidine groups is 2. The minimum atomic E-state index is -6.11. The van der Waals surface area contributed by atoms with Crippen LogP contribution in [0.15, 0.2) is 22.6 Å². The van der Waals surface area contributed by atoms with E-state index in [0.717, 1.165) is 24.1 Å². The number of carbonyl (C=O) groups excluding carboxylic acids is 8. The lowest BCUT2D eigenvalue weighted by atomic mass is 10.0. The number of aliphatic carboxylic acids is 1. The fraction of sp³-hybridized carbons (Fsp3) is 0.652. The van der Waals surface area contributed by atoms with Gasteiger partial charge in [0.1, 0.15) is 73.0 Å². The van der Waals surface area contributed by atoms with E-state index in [2.05, 4.69) is 86.2 Å². The quantitative estimate of drug-likeness (QED) is 0.00971. The van der Waals surface area contributed by atoms with Crippen LogP contribution in [0.4, 0.5) is 5.82 Å². The highest BCUT2D eigenvalue weighted by molar-refractivity contribution is 8.55. The van der Waals surface area contributed by atoms with Gasteiger partial charge in [-0.3, -0.25) is 67.7 Å². The van der Waals surface area contributed by atoms with Gasteiger partial charge in [-0.05, 0) is 68.7 Å². The molecule has 25 N–H and O–H groups in total. The average Bonchev–Trinajstić information content (AvgIpc) is 1.62. The number of hydrazine groups is 1. The number of aliphatic hydroxyl groups is 2. The summed E-state index contributed by atoms with van der Waals surface area (Å²) in [5.41, 5.74) is 32.4. The van der Waals surface area contributed by atoms with Crippen LogP contribution in [0.3, 0.4) is 0 Å². The molecule has 1 fully saturated rings. The van der Waals surface area contributed by atoms with Crippen molar-refractivity contribution in [1.82, 2.24) is 67.6 Å². The van der Waals surface area contributed by atoms with Crippen molar-refractivity contribution >= 4 is 116 Å². The Morgan fingerprint density at radius 3 is 1.80 bits per heavy atom. The second kappa shape index (κ2) is 36.9. The molecule has 2 aromatic heterocycles. The third-order valence-corrected chi connectivity index (χ3v) is 18.9. The van der Waals surface area contributed by atoms with Crippen LogP contribution in [0.2, 0.25) is 0 Å². The van der Waals surface area contributed by atoms with Crippen LogP contribution in [0.1, 0.15) is 86.3 Å². The van der Waals surface area contributed by atoms with Gasteiger partial charge in [0.2, 0.25) is 41.4 Å². The number of aromatic nitrogens is 4. The molecule has 0 spiro atoms. The van der Waals surface area contributed by atoms with Crippen molar-refractivity contribution in [3.8, 4) is 0 Å². The molecule has 0 aromatic carbocycles. The van der Waals surface area contributed by atoms with Gasteiger partial charge >= 0.3 is 28.4 Å². The average molecular weight is 1390 g/mol. The zero-order chi connectivity index (χ0) is 69.4. The maximum absolute atomic E-state index is 14.1. The first-order valence-corrected chi connectivity index (χ1v) is 34.0. The molecule has 42 nitrogen and oxygen atoms in total. The molecule has 0 bridgehead atoms. The zero-order valence-electron chi connectivity index (χ0n) is 50.6. The molecule has 1 aliphatic heterocycles. The number of nitrogen functional groups attached to an aromatic ring is 1. The number of nitrogens with zero attached hydrogens (tertiary/aromatic N) is 6. The van der Waals surface area contributed by atoms with Crippen molar-refractivity contribution in [2.24, 2.45) is 44.8 Å². The number of imidazole rings is 1. The summed E-state index contributed by atoms with van der Waals surface area (Å²) in [6, 6.07) is -8.75. The molecule has 3 heterocycles. The predicted octanol–water partition coefficient (Wildman–Crippen LogP) is -5.92. The maximum Gasteiger partial charge on any atom is 0.488 e. The molecule has 0 radical (unpaired) electrons. The first-order valence-electron chi connectivity index (χ1n) is 27.9. The molecule has 4 unspecified atom stereocenters. The van der Waals surface area contributed by atoms with Crippen molar-refractivity contribution in [1.29, 1.82) is 0 Å². The number of fused-ring (bicyclic) bond motifs is 1. The van der Waals surface area contributed by atoms with Gasteiger partial charge in [0.25, 0.3) is 5.91 Å². The largest absolute Gasteiger partial charge is 0.488 e. The molecule has 0 aliphatic carbocycles. The fourth-order valence-corrected chi connectivity index (χ4v) is 13.8. The topological polar surface area (TPSA) is 670 Å². The molecule has 518 valence electrons. The summed E-state index contributed by atoms with van der Waals surface area (Å²) < 4.78 is 58.2. The highest BCUT2D eigenvalue weighted by atomic mass is 32.7. The molecule has 1 saturated heterocycles. The number of aliphatic hydroxyl groups excluding tert-OH is 2. The minimum Gasteiger partial charge on any atom is -0.480 e. The van der Waals surface area contributed by atoms with E-state index in [1.807, 2.05) is 0 Å². The molecule has 92 heavy (non-hydrogen) atoms. The number of rotatable bonds is 40. The van der Waals surface area contributed by atoms with E-state index in [4.69, 9.17) is 38.5 Å². The number of phosphoric acid groups is 2. The first-order chi connectivity index (χ1) is 42.8. The van der Waals surface area contributed by atoms with Crippen molar-refractivity contribution < 1.29 is 105 Å². The van der Waals surface area contributed by atoms with Crippen LogP contribution in [-0.2, 0) is 74.7 Å². The monoisotopic (exact) mass is 1390 g/mol. The molecule has 1 aliphatic rings. The number of hydrogen-bond acceptors (Lipinski definition) is 26. The Morgan fingerprint density at radius 1 is 0.696 bits per heavy atom. The van der Waals surface area contributed by atoms with Gasteiger partial charge in [0.05, 0.1) is 18.7 Å². The molecule has 0 saturated carbocycles. The molecule has 8 amide bonds. The van der Waals surface area contributed by atoms with Gasteiger partial charge in [-0.1, -0.05) is 27.7 Å². The van der Waals surface area contributed by atoms with E-state index in [1.54, 1.807) is 27.7 Å². The summed E-state index contributed by atoms with van der Waals surface area (Å²) >= 11 is -0.366. The van der Waals surface area contributed by atoms with E-state index >= 15 is 0 Å². The molecule has 46 heteroatoms. The van der Waals surface area contributed by atoms with Crippen molar-refractivity contribution in [2.45, 2.75) is 141 Å². The van der Waals surface area contributed by atoms with Crippen LogP contribution < -0.4 is 76.7 Å².